The zero-order valence-corrected chi connectivity index (χ0v) is 12.4. The van der Waals surface area contributed by atoms with Crippen LogP contribution in [0.1, 0.15) is 12.8 Å². The first-order valence-electron chi connectivity index (χ1n) is 5.44. The number of halogens is 1. The van der Waals surface area contributed by atoms with Gasteiger partial charge >= 0.3 is 0 Å². The lowest BCUT2D eigenvalue weighted by Crippen LogP contribution is -2.37. The van der Waals surface area contributed by atoms with Crippen LogP contribution in [0.2, 0.25) is 0 Å². The molecule has 1 aliphatic rings. The van der Waals surface area contributed by atoms with E-state index in [0.717, 1.165) is 24.3 Å². The number of thioether (sulfide) groups is 1. The maximum atomic E-state index is 12.2. The Morgan fingerprint density at radius 1 is 1.24 bits per heavy atom. The van der Waals surface area contributed by atoms with Crippen molar-refractivity contribution in [3.8, 4) is 0 Å². The van der Waals surface area contributed by atoms with Crippen LogP contribution in [0.15, 0.2) is 33.6 Å². The minimum absolute atomic E-state index is 0.0772. The van der Waals surface area contributed by atoms with Gasteiger partial charge in [0, 0.05) is 10.5 Å². The molecule has 1 aromatic carbocycles. The van der Waals surface area contributed by atoms with Crippen LogP contribution in [0, 0.1) is 0 Å². The molecule has 1 saturated heterocycles. The highest BCUT2D eigenvalue weighted by Crippen LogP contribution is 2.23. The van der Waals surface area contributed by atoms with Crippen molar-refractivity contribution in [2.24, 2.45) is 0 Å². The highest BCUT2D eigenvalue weighted by atomic mass is 79.9. The summed E-state index contributed by atoms with van der Waals surface area (Å²) in [6.07, 6.45) is 1.82. The summed E-state index contributed by atoms with van der Waals surface area (Å²) in [6.45, 7) is 0. The van der Waals surface area contributed by atoms with E-state index in [0.29, 0.717) is 9.37 Å². The summed E-state index contributed by atoms with van der Waals surface area (Å²) in [7, 11) is -3.40. The Kier molecular flexibility index (Phi) is 4.52. The summed E-state index contributed by atoms with van der Waals surface area (Å²) in [6, 6.07) is 6.97. The first-order chi connectivity index (χ1) is 8.09. The molecule has 1 N–H and O–H groups in total. The van der Waals surface area contributed by atoms with Crippen molar-refractivity contribution < 1.29 is 8.42 Å². The fourth-order valence-electron chi connectivity index (χ4n) is 1.76. The number of nitrogens with one attached hydrogen (secondary N) is 1. The predicted octanol–water partition coefficient (Wildman–Crippen LogP) is 2.62. The molecule has 1 aliphatic heterocycles. The molecule has 0 spiro atoms. The van der Waals surface area contributed by atoms with E-state index in [1.54, 1.807) is 24.3 Å². The molecule has 0 aromatic heterocycles. The van der Waals surface area contributed by atoms with Gasteiger partial charge in [0.05, 0.1) is 4.90 Å². The van der Waals surface area contributed by atoms with Gasteiger partial charge in [-0.2, -0.15) is 11.8 Å². The van der Waals surface area contributed by atoms with Crippen molar-refractivity contribution in [1.82, 2.24) is 4.72 Å². The molecule has 2 rings (SSSR count). The van der Waals surface area contributed by atoms with Crippen LogP contribution in [0.4, 0.5) is 0 Å². The van der Waals surface area contributed by atoms with Gasteiger partial charge < -0.3 is 0 Å². The monoisotopic (exact) mass is 335 g/mol. The molecule has 0 saturated carbocycles. The van der Waals surface area contributed by atoms with Gasteiger partial charge in [-0.15, -0.1) is 0 Å². The number of sulfonamides is 1. The van der Waals surface area contributed by atoms with Gasteiger partial charge in [0.1, 0.15) is 0 Å². The molecule has 1 heterocycles. The maximum absolute atomic E-state index is 12.2. The summed E-state index contributed by atoms with van der Waals surface area (Å²) in [5, 5.41) is 0. The Labute approximate surface area is 115 Å². The summed E-state index contributed by atoms with van der Waals surface area (Å²) in [5.74, 6) is 2.06. The zero-order chi connectivity index (χ0) is 12.3. The maximum Gasteiger partial charge on any atom is 0.241 e. The summed E-state index contributed by atoms with van der Waals surface area (Å²) in [4.78, 5) is 0.318. The lowest BCUT2D eigenvalue weighted by Gasteiger charge is -2.22. The average Bonchev–Trinajstić information content (AvgIpc) is 2.30. The quantitative estimate of drug-likeness (QED) is 0.923. The summed E-state index contributed by atoms with van der Waals surface area (Å²) in [5.41, 5.74) is 0. The standard InChI is InChI=1S/C11H14BrNO2S2/c12-10-3-1-2-4-11(10)17(14,15)13-9-5-7-16-8-6-9/h1-4,9,13H,5-8H2. The summed E-state index contributed by atoms with van der Waals surface area (Å²) < 4.78 is 27.7. The minimum atomic E-state index is -3.40. The van der Waals surface area contributed by atoms with Crippen molar-refractivity contribution in [2.45, 2.75) is 23.8 Å². The Hall–Kier alpha value is -0.0400. The van der Waals surface area contributed by atoms with Gasteiger partial charge in [-0.25, -0.2) is 13.1 Å². The van der Waals surface area contributed by atoms with Crippen LogP contribution >= 0.6 is 27.7 Å². The molecule has 0 bridgehead atoms. The van der Waals surface area contributed by atoms with Gasteiger partial charge in [-0.3, -0.25) is 0 Å². The van der Waals surface area contributed by atoms with Crippen molar-refractivity contribution in [3.05, 3.63) is 28.7 Å². The fourth-order valence-corrected chi connectivity index (χ4v) is 5.18. The van der Waals surface area contributed by atoms with Crippen LogP contribution in [-0.4, -0.2) is 26.0 Å². The largest absolute Gasteiger partial charge is 0.241 e. The molecule has 1 aromatic rings. The Bertz CT molecular complexity index is 484. The molecular weight excluding hydrogens is 322 g/mol. The van der Waals surface area contributed by atoms with Crippen molar-refractivity contribution in [1.29, 1.82) is 0 Å². The Morgan fingerprint density at radius 2 is 1.88 bits per heavy atom. The first-order valence-corrected chi connectivity index (χ1v) is 8.87. The minimum Gasteiger partial charge on any atom is -0.208 e. The van der Waals surface area contributed by atoms with Crippen LogP contribution in [-0.2, 0) is 10.0 Å². The average molecular weight is 336 g/mol. The second-order valence-electron chi connectivity index (χ2n) is 3.94. The topological polar surface area (TPSA) is 46.2 Å². The zero-order valence-electron chi connectivity index (χ0n) is 9.23. The van der Waals surface area contributed by atoms with Crippen molar-refractivity contribution in [3.63, 3.8) is 0 Å². The molecule has 3 nitrogen and oxygen atoms in total. The van der Waals surface area contributed by atoms with E-state index >= 15 is 0 Å². The highest BCUT2D eigenvalue weighted by Gasteiger charge is 2.23. The van der Waals surface area contributed by atoms with Crippen LogP contribution in [0.3, 0.4) is 0 Å². The molecule has 17 heavy (non-hydrogen) atoms. The first kappa shape index (κ1) is 13.4. The highest BCUT2D eigenvalue weighted by molar-refractivity contribution is 9.10. The molecule has 6 heteroatoms. The van der Waals surface area contributed by atoms with Gasteiger partial charge in [-0.1, -0.05) is 12.1 Å². The molecule has 0 amide bonds. The smallest absolute Gasteiger partial charge is 0.208 e. The SMILES string of the molecule is O=S(=O)(NC1CCSCC1)c1ccccc1Br. The van der Waals surface area contributed by atoms with E-state index in [9.17, 15) is 8.42 Å². The number of hydrogen-bond acceptors (Lipinski definition) is 3. The van der Waals surface area contributed by atoms with Crippen LogP contribution in [0.5, 0.6) is 0 Å². The second kappa shape index (κ2) is 5.73. The third kappa shape index (κ3) is 3.47. The predicted molar refractivity (Wildman–Crippen MR) is 74.8 cm³/mol. The molecule has 0 atom stereocenters. The van der Waals surface area contributed by atoms with Gasteiger partial charge in [0.15, 0.2) is 0 Å². The van der Waals surface area contributed by atoms with Crippen LogP contribution < -0.4 is 4.72 Å². The summed E-state index contributed by atoms with van der Waals surface area (Å²) >= 11 is 5.15. The Morgan fingerprint density at radius 3 is 2.53 bits per heavy atom. The number of hydrogen-bond donors (Lipinski definition) is 1. The molecule has 94 valence electrons. The molecule has 0 unspecified atom stereocenters. The van der Waals surface area contributed by atoms with Gasteiger partial charge in [-0.05, 0) is 52.4 Å². The van der Waals surface area contributed by atoms with E-state index in [-0.39, 0.29) is 6.04 Å². The van der Waals surface area contributed by atoms with E-state index in [1.165, 1.54) is 0 Å². The van der Waals surface area contributed by atoms with Gasteiger partial charge in [0.25, 0.3) is 0 Å². The van der Waals surface area contributed by atoms with Crippen LogP contribution in [0.25, 0.3) is 0 Å². The third-order valence-corrected chi connectivity index (χ3v) is 6.25. The Balaban J connectivity index is 2.16. The van der Waals surface area contributed by atoms with E-state index < -0.39 is 10.0 Å². The number of rotatable bonds is 3. The molecule has 0 aliphatic carbocycles. The second-order valence-corrected chi connectivity index (χ2v) is 7.70. The van der Waals surface area contributed by atoms with Crippen molar-refractivity contribution in [2.75, 3.05) is 11.5 Å². The van der Waals surface area contributed by atoms with E-state index in [4.69, 9.17) is 0 Å². The molecular formula is C11H14BrNO2S2. The normalized spacial score (nSPS) is 18.2. The third-order valence-electron chi connectivity index (χ3n) is 2.67. The van der Waals surface area contributed by atoms with E-state index in [1.807, 2.05) is 11.8 Å². The van der Waals surface area contributed by atoms with Crippen molar-refractivity contribution >= 4 is 37.7 Å². The van der Waals surface area contributed by atoms with Gasteiger partial charge in [0.2, 0.25) is 10.0 Å². The fraction of sp³-hybridized carbons (Fsp3) is 0.455. The molecule has 1 fully saturated rings. The lowest BCUT2D eigenvalue weighted by atomic mass is 10.2. The lowest BCUT2D eigenvalue weighted by molar-refractivity contribution is 0.528. The number of benzene rings is 1. The molecule has 0 radical (unpaired) electrons. The van der Waals surface area contributed by atoms with E-state index in [2.05, 4.69) is 20.7 Å².